The number of rotatable bonds is 9. The molecule has 0 aliphatic heterocycles. The van der Waals surface area contributed by atoms with Gasteiger partial charge in [0.1, 0.15) is 12.0 Å². The molecule has 1 heterocycles. The minimum absolute atomic E-state index is 0. The number of carbonyl (C=O) groups is 1. The van der Waals surface area contributed by atoms with Gasteiger partial charge < -0.3 is 19.8 Å². The molecule has 1 aromatic heterocycles. The molecule has 0 radical (unpaired) electrons. The lowest BCUT2D eigenvalue weighted by Crippen LogP contribution is -2.34. The quantitative estimate of drug-likeness (QED) is 0.598. The molecule has 0 saturated heterocycles. The number of unbranched alkanes of at least 4 members (excludes halogenated alkanes) is 1. The summed E-state index contributed by atoms with van der Waals surface area (Å²) in [5.41, 5.74) is 6.86. The Morgan fingerprint density at radius 1 is 1.28 bits per heavy atom. The van der Waals surface area contributed by atoms with Gasteiger partial charge in [-0.3, -0.25) is 4.79 Å². The molecule has 0 fully saturated rings. The lowest BCUT2D eigenvalue weighted by molar-refractivity contribution is 0.0958. The normalized spacial score (nSPS) is 10.4. The van der Waals surface area contributed by atoms with E-state index in [2.05, 4.69) is 22.9 Å². The van der Waals surface area contributed by atoms with E-state index < -0.39 is 0 Å². The van der Waals surface area contributed by atoms with Crippen molar-refractivity contribution in [1.29, 1.82) is 0 Å². The molecule has 0 unspecified atom stereocenters. The molecule has 0 atom stereocenters. The van der Waals surface area contributed by atoms with E-state index in [1.165, 1.54) is 6.26 Å². The van der Waals surface area contributed by atoms with Crippen LogP contribution in [0, 0.1) is 0 Å². The molecule has 25 heavy (non-hydrogen) atoms. The molecule has 0 aliphatic carbocycles. The number of benzene rings is 1. The average molecular weight is 432 g/mol. The zero-order chi connectivity index (χ0) is 17.4. The maximum absolute atomic E-state index is 12.8. The van der Waals surface area contributed by atoms with Gasteiger partial charge in [0, 0.05) is 23.3 Å². The Morgan fingerprint density at radius 2 is 2.00 bits per heavy atom. The summed E-state index contributed by atoms with van der Waals surface area (Å²) in [5.74, 6) is 0.466. The second-order valence-corrected chi connectivity index (χ2v) is 6.32. The molecule has 0 aliphatic rings. The minimum atomic E-state index is -0.125. The first-order valence-corrected chi connectivity index (χ1v) is 8.87. The molecular weight excluding hydrogens is 408 g/mol. The Bertz CT molecular complexity index is 646. The third-order valence-corrected chi connectivity index (χ3v) is 4.12. The van der Waals surface area contributed by atoms with Crippen molar-refractivity contribution in [1.82, 2.24) is 0 Å². The van der Waals surface area contributed by atoms with E-state index in [1.807, 2.05) is 24.3 Å². The van der Waals surface area contributed by atoms with Crippen LogP contribution < -0.4 is 10.6 Å². The smallest absolute Gasteiger partial charge is 0.261 e. The lowest BCUT2D eigenvalue weighted by Gasteiger charge is -2.22. The molecule has 7 heteroatoms. The molecule has 1 aromatic carbocycles. The van der Waals surface area contributed by atoms with Crippen molar-refractivity contribution in [3.63, 3.8) is 0 Å². The van der Waals surface area contributed by atoms with Gasteiger partial charge in [-0.05, 0) is 36.8 Å². The van der Waals surface area contributed by atoms with E-state index in [9.17, 15) is 4.79 Å². The van der Waals surface area contributed by atoms with Gasteiger partial charge in [0.25, 0.3) is 5.91 Å². The largest absolute Gasteiger partial charge is 0.467 e. The predicted octanol–water partition coefficient (Wildman–Crippen LogP) is 4.39. The Hall–Kier alpha value is -1.34. The number of nitrogens with zero attached hydrogens (tertiary/aromatic N) is 1. The standard InChI is InChI=1S/C18H23BrN2O3.ClH/c1-2-3-9-23-10-8-21(16-6-4-15(19)5-7-16)18(22)14-11-17(12-20)24-13-14;/h4-7,11,13H,2-3,8-10,12,20H2,1H3;1H. The third-order valence-electron chi connectivity index (χ3n) is 3.59. The van der Waals surface area contributed by atoms with Gasteiger partial charge in [-0.25, -0.2) is 0 Å². The fraction of sp³-hybridized carbons (Fsp3) is 0.389. The van der Waals surface area contributed by atoms with E-state index in [0.29, 0.717) is 31.1 Å². The van der Waals surface area contributed by atoms with Gasteiger partial charge in [0.05, 0.1) is 18.7 Å². The van der Waals surface area contributed by atoms with Gasteiger partial charge in [-0.1, -0.05) is 29.3 Å². The number of ether oxygens (including phenoxy) is 1. The van der Waals surface area contributed by atoms with Crippen molar-refractivity contribution in [3.05, 3.63) is 52.4 Å². The van der Waals surface area contributed by atoms with Crippen LogP contribution in [-0.4, -0.2) is 25.7 Å². The molecule has 0 bridgehead atoms. The number of hydrogen-bond acceptors (Lipinski definition) is 4. The number of hydrogen-bond donors (Lipinski definition) is 1. The Kier molecular flexibility index (Phi) is 9.82. The second-order valence-electron chi connectivity index (χ2n) is 5.40. The molecule has 2 N–H and O–H groups in total. The third kappa shape index (κ3) is 6.47. The van der Waals surface area contributed by atoms with Crippen molar-refractivity contribution in [3.8, 4) is 0 Å². The zero-order valence-corrected chi connectivity index (χ0v) is 16.6. The maximum atomic E-state index is 12.8. The highest BCUT2D eigenvalue weighted by Gasteiger charge is 2.19. The van der Waals surface area contributed by atoms with E-state index in [0.717, 1.165) is 23.0 Å². The molecule has 2 aromatic rings. The zero-order valence-electron chi connectivity index (χ0n) is 14.2. The molecular formula is C18H24BrClN2O3. The van der Waals surface area contributed by atoms with E-state index in [4.69, 9.17) is 14.9 Å². The van der Waals surface area contributed by atoms with Crippen molar-refractivity contribution < 1.29 is 13.9 Å². The van der Waals surface area contributed by atoms with Crippen molar-refractivity contribution in [2.24, 2.45) is 5.73 Å². The number of anilines is 1. The number of carbonyl (C=O) groups excluding carboxylic acids is 1. The molecule has 0 spiro atoms. The first-order valence-electron chi connectivity index (χ1n) is 8.08. The highest BCUT2D eigenvalue weighted by Crippen LogP contribution is 2.21. The monoisotopic (exact) mass is 430 g/mol. The maximum Gasteiger partial charge on any atom is 0.261 e. The Morgan fingerprint density at radius 3 is 2.60 bits per heavy atom. The molecule has 0 saturated carbocycles. The Balaban J connectivity index is 0.00000312. The van der Waals surface area contributed by atoms with E-state index >= 15 is 0 Å². The molecule has 1 amide bonds. The highest BCUT2D eigenvalue weighted by atomic mass is 79.9. The summed E-state index contributed by atoms with van der Waals surface area (Å²) in [6, 6.07) is 9.31. The summed E-state index contributed by atoms with van der Waals surface area (Å²) < 4.78 is 11.9. The van der Waals surface area contributed by atoms with Crippen LogP contribution in [0.3, 0.4) is 0 Å². The number of amides is 1. The SMILES string of the molecule is CCCCOCCN(C(=O)c1coc(CN)c1)c1ccc(Br)cc1.Cl. The minimum Gasteiger partial charge on any atom is -0.467 e. The average Bonchev–Trinajstić information content (AvgIpc) is 3.08. The summed E-state index contributed by atoms with van der Waals surface area (Å²) in [5, 5.41) is 0. The number of nitrogens with two attached hydrogens (primary N) is 1. The topological polar surface area (TPSA) is 68.7 Å². The van der Waals surface area contributed by atoms with Crippen LogP contribution in [0.15, 0.2) is 45.5 Å². The van der Waals surface area contributed by atoms with Gasteiger partial charge >= 0.3 is 0 Å². The van der Waals surface area contributed by atoms with Crippen LogP contribution in [0.4, 0.5) is 5.69 Å². The van der Waals surface area contributed by atoms with Crippen molar-refractivity contribution in [2.45, 2.75) is 26.3 Å². The number of furan rings is 1. The fourth-order valence-corrected chi connectivity index (χ4v) is 2.49. The van der Waals surface area contributed by atoms with Crippen LogP contribution in [0.5, 0.6) is 0 Å². The lowest BCUT2D eigenvalue weighted by atomic mass is 10.2. The number of halogens is 2. The summed E-state index contributed by atoms with van der Waals surface area (Å²) >= 11 is 3.41. The molecule has 2 rings (SSSR count). The fourth-order valence-electron chi connectivity index (χ4n) is 2.23. The van der Waals surface area contributed by atoms with Crippen LogP contribution in [-0.2, 0) is 11.3 Å². The van der Waals surface area contributed by atoms with Crippen LogP contribution >= 0.6 is 28.3 Å². The molecule has 5 nitrogen and oxygen atoms in total. The highest BCUT2D eigenvalue weighted by molar-refractivity contribution is 9.10. The van der Waals surface area contributed by atoms with Crippen LogP contribution in [0.25, 0.3) is 0 Å². The van der Waals surface area contributed by atoms with Crippen LogP contribution in [0.2, 0.25) is 0 Å². The summed E-state index contributed by atoms with van der Waals surface area (Å²) in [6.07, 6.45) is 3.56. The predicted molar refractivity (Wildman–Crippen MR) is 105 cm³/mol. The summed E-state index contributed by atoms with van der Waals surface area (Å²) in [7, 11) is 0. The second kappa shape index (κ2) is 11.3. The van der Waals surface area contributed by atoms with Gasteiger partial charge in [-0.2, -0.15) is 0 Å². The van der Waals surface area contributed by atoms with Gasteiger partial charge in [-0.15, -0.1) is 12.4 Å². The van der Waals surface area contributed by atoms with Crippen LogP contribution in [0.1, 0.15) is 35.9 Å². The Labute approximate surface area is 163 Å². The van der Waals surface area contributed by atoms with Crippen molar-refractivity contribution >= 4 is 39.9 Å². The van der Waals surface area contributed by atoms with Gasteiger partial charge in [0.15, 0.2) is 0 Å². The first-order chi connectivity index (χ1) is 11.7. The van der Waals surface area contributed by atoms with E-state index in [1.54, 1.807) is 11.0 Å². The summed E-state index contributed by atoms with van der Waals surface area (Å²) in [4.78, 5) is 14.5. The summed E-state index contributed by atoms with van der Waals surface area (Å²) in [6.45, 7) is 4.07. The van der Waals surface area contributed by atoms with Crippen molar-refractivity contribution in [2.75, 3.05) is 24.7 Å². The molecule has 138 valence electrons. The van der Waals surface area contributed by atoms with Gasteiger partial charge in [0.2, 0.25) is 0 Å². The first kappa shape index (κ1) is 21.7. The van der Waals surface area contributed by atoms with E-state index in [-0.39, 0.29) is 24.9 Å².